The van der Waals surface area contributed by atoms with E-state index in [2.05, 4.69) is 74.4 Å². The third kappa shape index (κ3) is 5.43. The average Bonchev–Trinajstić information content (AvgIpc) is 2.98. The number of amides is 1. The molecule has 1 unspecified atom stereocenters. The van der Waals surface area contributed by atoms with Gasteiger partial charge in [-0.1, -0.05) is 51.2 Å². The van der Waals surface area contributed by atoms with Crippen LogP contribution in [-0.4, -0.2) is 37.6 Å². The molecule has 1 N–H and O–H groups in total. The minimum Gasteiger partial charge on any atom is -0.543 e. The van der Waals surface area contributed by atoms with Gasteiger partial charge >= 0.3 is 6.09 Å². The van der Waals surface area contributed by atoms with Crippen molar-refractivity contribution in [2.24, 2.45) is 0 Å². The molecule has 1 heterocycles. The predicted octanol–water partition coefficient (Wildman–Crippen LogP) is 6.65. The van der Waals surface area contributed by atoms with Crippen molar-refractivity contribution in [2.75, 3.05) is 11.4 Å². The maximum Gasteiger partial charge on any atom is 0.408 e. The Kier molecular flexibility index (Phi) is 6.64. The molecule has 32 heavy (non-hydrogen) atoms. The van der Waals surface area contributed by atoms with Crippen molar-refractivity contribution in [1.29, 1.82) is 0 Å². The third-order valence-electron chi connectivity index (χ3n) is 6.20. The fourth-order valence-electron chi connectivity index (χ4n) is 3.48. The van der Waals surface area contributed by atoms with Gasteiger partial charge in [-0.05, 0) is 68.9 Å². The number of nitrogens with one attached hydrogen (secondary N) is 1. The summed E-state index contributed by atoms with van der Waals surface area (Å²) in [7, 11) is -1.95. The van der Waals surface area contributed by atoms with Crippen molar-refractivity contribution in [3.05, 3.63) is 36.4 Å². The molecule has 2 aromatic carbocycles. The molecule has 0 radical (unpaired) electrons. The van der Waals surface area contributed by atoms with E-state index >= 15 is 0 Å². The van der Waals surface area contributed by atoms with Gasteiger partial charge < -0.3 is 19.4 Å². The number of alkyl carbamates (subject to hydrolysis) is 1. The van der Waals surface area contributed by atoms with Crippen LogP contribution in [0.15, 0.2) is 36.4 Å². The number of hydrogen-bond acceptors (Lipinski definition) is 4. The van der Waals surface area contributed by atoms with Crippen LogP contribution in [0, 0.1) is 0 Å². The molecular formula is C25H36N2O3SSi. The number of benzene rings is 2. The predicted molar refractivity (Wildman–Crippen MR) is 139 cm³/mol. The van der Waals surface area contributed by atoms with Gasteiger partial charge in [0.2, 0.25) is 8.32 Å². The highest BCUT2D eigenvalue weighted by Crippen LogP contribution is 2.39. The number of carbonyl (C=O) groups excluding carboxylic acids is 1. The van der Waals surface area contributed by atoms with Gasteiger partial charge in [0, 0.05) is 17.6 Å². The Morgan fingerprint density at radius 3 is 2.44 bits per heavy atom. The summed E-state index contributed by atoms with van der Waals surface area (Å²) in [5.74, 6) is 0.894. The lowest BCUT2D eigenvalue weighted by Gasteiger charge is -2.36. The van der Waals surface area contributed by atoms with Crippen molar-refractivity contribution in [1.82, 2.24) is 5.32 Å². The quantitative estimate of drug-likeness (QED) is 0.398. The van der Waals surface area contributed by atoms with Crippen LogP contribution in [-0.2, 0) is 4.74 Å². The molecule has 0 aromatic heterocycles. The summed E-state index contributed by atoms with van der Waals surface area (Å²) in [4.78, 5) is 15.1. The summed E-state index contributed by atoms with van der Waals surface area (Å²) < 4.78 is 12.0. The van der Waals surface area contributed by atoms with E-state index in [0.29, 0.717) is 4.99 Å². The summed E-state index contributed by atoms with van der Waals surface area (Å²) in [5, 5.41) is 5.29. The zero-order valence-electron chi connectivity index (χ0n) is 20.5. The number of carbonyl (C=O) groups is 1. The highest BCUT2D eigenvalue weighted by Gasteiger charge is 2.39. The van der Waals surface area contributed by atoms with Crippen molar-refractivity contribution in [3.63, 3.8) is 0 Å². The zero-order chi connectivity index (χ0) is 23.9. The molecule has 0 saturated carbocycles. The molecule has 0 bridgehead atoms. The van der Waals surface area contributed by atoms with Crippen molar-refractivity contribution in [3.8, 4) is 5.75 Å². The first-order valence-electron chi connectivity index (χ1n) is 11.2. The monoisotopic (exact) mass is 472 g/mol. The first-order chi connectivity index (χ1) is 14.7. The Balaban J connectivity index is 1.86. The summed E-state index contributed by atoms with van der Waals surface area (Å²) in [6.07, 6.45) is 0.309. The molecule has 7 heteroatoms. The van der Waals surface area contributed by atoms with Crippen LogP contribution >= 0.6 is 12.2 Å². The van der Waals surface area contributed by atoms with Crippen molar-refractivity contribution in [2.45, 2.75) is 77.7 Å². The Labute approximate surface area is 198 Å². The van der Waals surface area contributed by atoms with Crippen LogP contribution in [0.4, 0.5) is 10.5 Å². The molecule has 1 aliphatic heterocycles. The average molecular weight is 473 g/mol. The zero-order valence-corrected chi connectivity index (χ0v) is 22.4. The number of ether oxygens (including phenoxy) is 1. The summed E-state index contributed by atoms with van der Waals surface area (Å²) >= 11 is 5.77. The number of fused-ring (bicyclic) bond motifs is 1. The number of nitrogens with zero attached hydrogens (tertiary/aromatic N) is 1. The van der Waals surface area contributed by atoms with Crippen LogP contribution in [0.2, 0.25) is 18.1 Å². The van der Waals surface area contributed by atoms with Crippen molar-refractivity contribution >= 4 is 48.1 Å². The van der Waals surface area contributed by atoms with E-state index in [1.807, 2.05) is 26.8 Å². The second-order valence-corrected chi connectivity index (χ2v) is 16.1. The van der Waals surface area contributed by atoms with Gasteiger partial charge in [-0.3, -0.25) is 0 Å². The lowest BCUT2D eigenvalue weighted by atomic mass is 10.1. The van der Waals surface area contributed by atoms with E-state index in [-0.39, 0.29) is 11.1 Å². The van der Waals surface area contributed by atoms with E-state index in [9.17, 15) is 4.79 Å². The maximum absolute atomic E-state index is 12.3. The van der Waals surface area contributed by atoms with Crippen LogP contribution in [0.5, 0.6) is 5.75 Å². The molecule has 1 fully saturated rings. The Morgan fingerprint density at radius 1 is 1.12 bits per heavy atom. The molecule has 1 amide bonds. The Morgan fingerprint density at radius 2 is 1.81 bits per heavy atom. The van der Waals surface area contributed by atoms with Crippen LogP contribution in [0.25, 0.3) is 10.8 Å². The largest absolute Gasteiger partial charge is 0.543 e. The smallest absolute Gasteiger partial charge is 0.408 e. The Hall–Kier alpha value is -2.12. The summed E-state index contributed by atoms with van der Waals surface area (Å²) in [6, 6.07) is 12.3. The van der Waals surface area contributed by atoms with E-state index in [0.717, 1.165) is 35.2 Å². The molecule has 2 aromatic rings. The highest BCUT2D eigenvalue weighted by molar-refractivity contribution is 7.80. The van der Waals surface area contributed by atoms with E-state index in [4.69, 9.17) is 21.4 Å². The molecule has 0 aliphatic carbocycles. The summed E-state index contributed by atoms with van der Waals surface area (Å²) in [5.41, 5.74) is 0.502. The van der Waals surface area contributed by atoms with Crippen LogP contribution in [0.3, 0.4) is 0 Å². The minimum atomic E-state index is -1.95. The van der Waals surface area contributed by atoms with Gasteiger partial charge in [-0.2, -0.15) is 0 Å². The number of rotatable bonds is 4. The first kappa shape index (κ1) is 24.5. The van der Waals surface area contributed by atoms with Gasteiger partial charge in [0.15, 0.2) is 0 Å². The molecule has 0 spiro atoms. The first-order valence-corrected chi connectivity index (χ1v) is 14.5. The fourth-order valence-corrected chi connectivity index (χ4v) is 4.87. The van der Waals surface area contributed by atoms with Crippen molar-refractivity contribution < 1.29 is 14.0 Å². The lowest BCUT2D eigenvalue weighted by Crippen LogP contribution is -2.43. The normalized spacial score (nSPS) is 17.6. The van der Waals surface area contributed by atoms with Crippen LogP contribution < -0.4 is 14.6 Å². The topological polar surface area (TPSA) is 50.8 Å². The SMILES string of the molecule is CC(C)(C)OC(=O)NC1CCN(c2cccc3ccc(O[Si](C)(C)C(C)(C)C)cc23)C1=S. The van der Waals surface area contributed by atoms with E-state index < -0.39 is 20.0 Å². The standard InChI is InChI=1S/C25H36N2O3SSi/c1-24(2,3)29-23(28)26-20-14-15-27(22(20)31)21-11-9-10-17-12-13-18(16-19(17)21)30-32(7,8)25(4,5)6/h9-13,16,20H,14-15H2,1-8H3,(H,26,28). The van der Waals surface area contributed by atoms with E-state index in [1.54, 1.807) is 0 Å². The lowest BCUT2D eigenvalue weighted by molar-refractivity contribution is 0.0519. The maximum atomic E-state index is 12.3. The van der Waals surface area contributed by atoms with Gasteiger partial charge in [0.05, 0.1) is 6.04 Å². The molecule has 3 rings (SSSR count). The molecule has 1 atom stereocenters. The molecular weight excluding hydrogens is 436 g/mol. The highest BCUT2D eigenvalue weighted by atomic mass is 32.1. The van der Waals surface area contributed by atoms with Crippen LogP contribution in [0.1, 0.15) is 48.0 Å². The Bertz CT molecular complexity index is 1020. The summed E-state index contributed by atoms with van der Waals surface area (Å²) in [6.45, 7) is 17.5. The van der Waals surface area contributed by atoms with Gasteiger partial charge in [0.25, 0.3) is 0 Å². The number of thiocarbonyl (C=S) groups is 1. The minimum absolute atomic E-state index is 0.124. The molecule has 5 nitrogen and oxygen atoms in total. The molecule has 1 saturated heterocycles. The van der Waals surface area contributed by atoms with Gasteiger partial charge in [-0.15, -0.1) is 0 Å². The van der Waals surface area contributed by atoms with Gasteiger partial charge in [-0.25, -0.2) is 4.79 Å². The fraction of sp³-hybridized carbons (Fsp3) is 0.520. The molecule has 174 valence electrons. The second kappa shape index (κ2) is 8.67. The third-order valence-corrected chi connectivity index (χ3v) is 11.1. The number of anilines is 1. The van der Waals surface area contributed by atoms with Gasteiger partial charge in [0.1, 0.15) is 16.3 Å². The second-order valence-electron chi connectivity index (χ2n) is 11.0. The van der Waals surface area contributed by atoms with E-state index in [1.165, 1.54) is 0 Å². The number of hydrogen-bond donors (Lipinski definition) is 1. The molecule has 1 aliphatic rings.